The summed E-state index contributed by atoms with van der Waals surface area (Å²) in [7, 11) is 4.03. The molecule has 0 saturated carbocycles. The molecule has 0 fully saturated rings. The van der Waals surface area contributed by atoms with Gasteiger partial charge in [-0.2, -0.15) is 0 Å². The first-order valence-corrected chi connectivity index (χ1v) is 7.35. The Bertz CT molecular complexity index is 706. The van der Waals surface area contributed by atoms with Crippen LogP contribution in [0.4, 0.5) is 5.69 Å². The Morgan fingerprint density at radius 3 is 3.00 bits per heavy atom. The van der Waals surface area contributed by atoms with Crippen molar-refractivity contribution in [2.75, 3.05) is 39.1 Å². The van der Waals surface area contributed by atoms with E-state index in [1.165, 1.54) is 0 Å². The lowest BCUT2D eigenvalue weighted by molar-refractivity contribution is 0.261. The number of H-pyrrole nitrogens is 1. The van der Waals surface area contributed by atoms with Crippen LogP contribution >= 0.6 is 0 Å². The summed E-state index contributed by atoms with van der Waals surface area (Å²) in [6.45, 7) is 2.42. The molecule has 112 valence electrons. The van der Waals surface area contributed by atoms with Gasteiger partial charge >= 0.3 is 0 Å². The van der Waals surface area contributed by atoms with Crippen LogP contribution in [0.15, 0.2) is 23.0 Å². The van der Waals surface area contributed by atoms with Crippen LogP contribution in [-0.4, -0.2) is 43.7 Å². The van der Waals surface area contributed by atoms with Crippen molar-refractivity contribution < 1.29 is 4.74 Å². The van der Waals surface area contributed by atoms with Gasteiger partial charge in [0, 0.05) is 30.1 Å². The smallest absolute Gasteiger partial charge is 0.253 e. The van der Waals surface area contributed by atoms with Crippen LogP contribution in [0.1, 0.15) is 12.0 Å². The summed E-state index contributed by atoms with van der Waals surface area (Å²) in [5, 5.41) is 4.42. The SMILES string of the molecule is CN(C)CCOc1ccc2c3c(c(=O)[nH]c2c1)CCCN3. The zero-order valence-corrected chi connectivity index (χ0v) is 12.5. The van der Waals surface area contributed by atoms with Crippen LogP contribution in [-0.2, 0) is 6.42 Å². The molecular formula is C16H21N3O2. The van der Waals surface area contributed by atoms with E-state index in [0.29, 0.717) is 6.61 Å². The number of aromatic nitrogens is 1. The van der Waals surface area contributed by atoms with Crippen molar-refractivity contribution >= 4 is 16.6 Å². The molecular weight excluding hydrogens is 266 g/mol. The van der Waals surface area contributed by atoms with Crippen molar-refractivity contribution in [3.63, 3.8) is 0 Å². The zero-order chi connectivity index (χ0) is 14.8. The number of fused-ring (bicyclic) bond motifs is 3. The summed E-state index contributed by atoms with van der Waals surface area (Å²) in [5.41, 5.74) is 2.69. The fourth-order valence-electron chi connectivity index (χ4n) is 2.67. The maximum atomic E-state index is 12.1. The lowest BCUT2D eigenvalue weighted by Crippen LogP contribution is -2.22. The minimum atomic E-state index is 0.00939. The van der Waals surface area contributed by atoms with Crippen molar-refractivity contribution in [3.8, 4) is 5.75 Å². The first kappa shape index (κ1) is 13.9. The van der Waals surface area contributed by atoms with E-state index >= 15 is 0 Å². The summed E-state index contributed by atoms with van der Waals surface area (Å²) in [6, 6.07) is 5.89. The number of pyridine rings is 1. The predicted molar refractivity (Wildman–Crippen MR) is 85.4 cm³/mol. The van der Waals surface area contributed by atoms with Crippen molar-refractivity contribution in [3.05, 3.63) is 34.1 Å². The second-order valence-electron chi connectivity index (χ2n) is 5.70. The molecule has 0 aliphatic carbocycles. The minimum absolute atomic E-state index is 0.00939. The number of aromatic amines is 1. The van der Waals surface area contributed by atoms with Crippen LogP contribution in [0.2, 0.25) is 0 Å². The normalized spacial score (nSPS) is 14.0. The molecule has 21 heavy (non-hydrogen) atoms. The second-order valence-corrected chi connectivity index (χ2v) is 5.70. The molecule has 1 aliphatic heterocycles. The molecule has 5 nitrogen and oxygen atoms in total. The van der Waals surface area contributed by atoms with E-state index in [1.54, 1.807) is 0 Å². The Morgan fingerprint density at radius 2 is 2.19 bits per heavy atom. The van der Waals surface area contributed by atoms with E-state index < -0.39 is 0 Å². The number of likely N-dealkylation sites (N-methyl/N-ethyl adjacent to an activating group) is 1. The third-order valence-electron chi connectivity index (χ3n) is 3.80. The summed E-state index contributed by atoms with van der Waals surface area (Å²) < 4.78 is 5.72. The van der Waals surface area contributed by atoms with Crippen LogP contribution in [0.3, 0.4) is 0 Å². The van der Waals surface area contributed by atoms with Gasteiger partial charge in [-0.1, -0.05) is 0 Å². The number of anilines is 1. The molecule has 0 unspecified atom stereocenters. The van der Waals surface area contributed by atoms with Crippen LogP contribution in [0.25, 0.3) is 10.9 Å². The lowest BCUT2D eigenvalue weighted by atomic mass is 10.0. The number of nitrogens with one attached hydrogen (secondary N) is 2. The molecule has 1 aromatic carbocycles. The first-order chi connectivity index (χ1) is 10.1. The highest BCUT2D eigenvalue weighted by molar-refractivity contribution is 5.93. The largest absolute Gasteiger partial charge is 0.492 e. The molecule has 3 rings (SSSR count). The number of ether oxygens (including phenoxy) is 1. The molecule has 2 heterocycles. The standard InChI is InChI=1S/C16H21N3O2/c1-19(2)8-9-21-11-5-6-12-14(10-11)18-16(20)13-4-3-7-17-15(12)13/h5-6,10,17H,3-4,7-9H2,1-2H3,(H,18,20). The van der Waals surface area contributed by atoms with E-state index in [9.17, 15) is 4.79 Å². The number of hydrogen-bond donors (Lipinski definition) is 2. The summed E-state index contributed by atoms with van der Waals surface area (Å²) in [5.74, 6) is 0.788. The van der Waals surface area contributed by atoms with E-state index in [1.807, 2.05) is 32.3 Å². The Hall–Kier alpha value is -2.01. The molecule has 0 saturated heterocycles. The van der Waals surface area contributed by atoms with Gasteiger partial charge in [0.15, 0.2) is 0 Å². The molecule has 0 amide bonds. The predicted octanol–water partition coefficient (Wildman–Crippen LogP) is 1.83. The van der Waals surface area contributed by atoms with Gasteiger partial charge < -0.3 is 19.9 Å². The van der Waals surface area contributed by atoms with Gasteiger partial charge in [-0.05, 0) is 39.1 Å². The maximum absolute atomic E-state index is 12.1. The molecule has 0 spiro atoms. The average molecular weight is 287 g/mol. The van der Waals surface area contributed by atoms with Gasteiger partial charge in [0.05, 0.1) is 11.2 Å². The highest BCUT2D eigenvalue weighted by Crippen LogP contribution is 2.29. The fourth-order valence-corrected chi connectivity index (χ4v) is 2.67. The minimum Gasteiger partial charge on any atom is -0.492 e. The number of nitrogens with zero attached hydrogens (tertiary/aromatic N) is 1. The second kappa shape index (κ2) is 5.77. The maximum Gasteiger partial charge on any atom is 0.253 e. The van der Waals surface area contributed by atoms with Gasteiger partial charge in [-0.15, -0.1) is 0 Å². The van der Waals surface area contributed by atoms with Crippen molar-refractivity contribution in [1.82, 2.24) is 9.88 Å². The first-order valence-electron chi connectivity index (χ1n) is 7.35. The molecule has 5 heteroatoms. The Morgan fingerprint density at radius 1 is 1.33 bits per heavy atom. The van der Waals surface area contributed by atoms with Gasteiger partial charge in [0.25, 0.3) is 5.56 Å². The average Bonchev–Trinajstić information content (AvgIpc) is 2.47. The number of hydrogen-bond acceptors (Lipinski definition) is 4. The third kappa shape index (κ3) is 2.88. The number of rotatable bonds is 4. The van der Waals surface area contributed by atoms with E-state index in [0.717, 1.165) is 53.8 Å². The quantitative estimate of drug-likeness (QED) is 0.900. The van der Waals surface area contributed by atoms with E-state index in [2.05, 4.69) is 15.2 Å². The zero-order valence-electron chi connectivity index (χ0n) is 12.5. The van der Waals surface area contributed by atoms with Crippen LogP contribution in [0, 0.1) is 0 Å². The topological polar surface area (TPSA) is 57.4 Å². The van der Waals surface area contributed by atoms with E-state index in [4.69, 9.17) is 4.74 Å². The molecule has 0 radical (unpaired) electrons. The van der Waals surface area contributed by atoms with Crippen molar-refractivity contribution in [2.45, 2.75) is 12.8 Å². The third-order valence-corrected chi connectivity index (χ3v) is 3.80. The molecule has 1 aliphatic rings. The van der Waals surface area contributed by atoms with Crippen LogP contribution < -0.4 is 15.6 Å². The Labute approximate surface area is 123 Å². The van der Waals surface area contributed by atoms with Gasteiger partial charge in [0.1, 0.15) is 12.4 Å². The Balaban J connectivity index is 1.93. The molecule has 2 aromatic rings. The summed E-state index contributed by atoms with van der Waals surface area (Å²) in [6.07, 6.45) is 1.85. The van der Waals surface area contributed by atoms with Crippen LogP contribution in [0.5, 0.6) is 5.75 Å². The van der Waals surface area contributed by atoms with E-state index in [-0.39, 0.29) is 5.56 Å². The highest BCUT2D eigenvalue weighted by atomic mass is 16.5. The fraction of sp³-hybridized carbons (Fsp3) is 0.438. The molecule has 0 atom stereocenters. The van der Waals surface area contributed by atoms with Gasteiger partial charge in [-0.25, -0.2) is 0 Å². The molecule has 0 bridgehead atoms. The lowest BCUT2D eigenvalue weighted by Gasteiger charge is -2.19. The van der Waals surface area contributed by atoms with Crippen molar-refractivity contribution in [1.29, 1.82) is 0 Å². The summed E-state index contributed by atoms with van der Waals surface area (Å²) in [4.78, 5) is 17.2. The molecule has 2 N–H and O–H groups in total. The monoisotopic (exact) mass is 287 g/mol. The Kier molecular flexibility index (Phi) is 3.84. The van der Waals surface area contributed by atoms with Gasteiger partial charge in [0.2, 0.25) is 0 Å². The molecule has 1 aromatic heterocycles. The van der Waals surface area contributed by atoms with Gasteiger partial charge in [-0.3, -0.25) is 4.79 Å². The number of benzene rings is 1. The summed E-state index contributed by atoms with van der Waals surface area (Å²) >= 11 is 0. The van der Waals surface area contributed by atoms with Crippen molar-refractivity contribution in [2.24, 2.45) is 0 Å². The highest BCUT2D eigenvalue weighted by Gasteiger charge is 2.16.